The van der Waals surface area contributed by atoms with Crippen LogP contribution in [-0.2, 0) is 6.54 Å². The number of alkyl halides is 3. The highest BCUT2D eigenvalue weighted by atomic mass is 19.4. The molecule has 2 aromatic rings. The minimum atomic E-state index is -4.90. The van der Waals surface area contributed by atoms with Crippen LogP contribution in [0.1, 0.15) is 47.1 Å². The fraction of sp³-hybridized carbons (Fsp3) is 0.444. The molecule has 1 heterocycles. The standard InChI is InChI=1S/C27H33F4N5O4/c1-26(2,3)34-23(38)18-6-4-5-17(13-18)16-35-9-11-36(12-10-35)24(39)19-7-8-21(20(28)14-19)33-25(40)32-15-22(37)27(29,30)31/h4-8,13-14,22,37H,9-12,15-16H2,1-3H3,(H,34,38)(H2,32,33,40). The zero-order chi connectivity index (χ0) is 29.7. The fourth-order valence-corrected chi connectivity index (χ4v) is 3.99. The Balaban J connectivity index is 1.51. The molecule has 0 spiro atoms. The van der Waals surface area contributed by atoms with Gasteiger partial charge >= 0.3 is 12.2 Å². The Bertz CT molecular complexity index is 1220. The summed E-state index contributed by atoms with van der Waals surface area (Å²) in [4.78, 5) is 40.9. The predicted octanol–water partition coefficient (Wildman–Crippen LogP) is 3.36. The van der Waals surface area contributed by atoms with Crippen molar-refractivity contribution in [2.24, 2.45) is 0 Å². The number of amides is 4. The lowest BCUT2D eigenvalue weighted by atomic mass is 10.1. The van der Waals surface area contributed by atoms with Crippen LogP contribution in [0.25, 0.3) is 0 Å². The third-order valence-electron chi connectivity index (χ3n) is 6.04. The smallest absolute Gasteiger partial charge is 0.382 e. The van der Waals surface area contributed by atoms with Crippen molar-refractivity contribution in [3.05, 3.63) is 65.0 Å². The highest BCUT2D eigenvalue weighted by molar-refractivity contribution is 5.96. The molecule has 13 heteroatoms. The molecule has 0 radical (unpaired) electrons. The van der Waals surface area contributed by atoms with Crippen molar-refractivity contribution in [2.45, 2.75) is 45.1 Å². The van der Waals surface area contributed by atoms with Gasteiger partial charge in [-0.2, -0.15) is 13.2 Å². The highest BCUT2D eigenvalue weighted by Crippen LogP contribution is 2.20. The molecule has 2 aromatic carbocycles. The molecule has 1 atom stereocenters. The number of aliphatic hydroxyl groups excluding tert-OH is 1. The number of aliphatic hydroxyl groups is 1. The molecule has 1 saturated heterocycles. The molecule has 1 aliphatic heterocycles. The summed E-state index contributed by atoms with van der Waals surface area (Å²) in [7, 11) is 0. The normalized spacial score (nSPS) is 15.3. The van der Waals surface area contributed by atoms with E-state index in [0.717, 1.165) is 17.7 Å². The number of rotatable bonds is 7. The van der Waals surface area contributed by atoms with Gasteiger partial charge in [-0.15, -0.1) is 0 Å². The number of nitrogens with zero attached hydrogens (tertiary/aromatic N) is 2. The third-order valence-corrected chi connectivity index (χ3v) is 6.04. The first-order valence-electron chi connectivity index (χ1n) is 12.6. The summed E-state index contributed by atoms with van der Waals surface area (Å²) in [5.41, 5.74) is 0.899. The maximum Gasteiger partial charge on any atom is 0.416 e. The monoisotopic (exact) mass is 567 g/mol. The summed E-state index contributed by atoms with van der Waals surface area (Å²) in [6.45, 7) is 7.15. The molecule has 9 nitrogen and oxygen atoms in total. The number of urea groups is 1. The lowest BCUT2D eigenvalue weighted by molar-refractivity contribution is -0.201. The summed E-state index contributed by atoms with van der Waals surface area (Å²) < 4.78 is 51.5. The van der Waals surface area contributed by atoms with Crippen LogP contribution in [0.15, 0.2) is 42.5 Å². The van der Waals surface area contributed by atoms with Crippen molar-refractivity contribution in [3.8, 4) is 0 Å². The average Bonchev–Trinajstić information content (AvgIpc) is 2.87. The van der Waals surface area contributed by atoms with E-state index in [1.54, 1.807) is 16.3 Å². The number of piperazine rings is 1. The van der Waals surface area contributed by atoms with Crippen LogP contribution in [0.5, 0.6) is 0 Å². The van der Waals surface area contributed by atoms with E-state index in [1.165, 1.54) is 6.07 Å². The van der Waals surface area contributed by atoms with Crippen molar-refractivity contribution in [1.82, 2.24) is 20.4 Å². The van der Waals surface area contributed by atoms with Gasteiger partial charge in [-0.3, -0.25) is 14.5 Å². The van der Waals surface area contributed by atoms with Crippen LogP contribution in [0, 0.1) is 5.82 Å². The van der Waals surface area contributed by atoms with E-state index in [4.69, 9.17) is 5.11 Å². The Hall–Kier alpha value is -3.71. The SMILES string of the molecule is CC(C)(C)NC(=O)c1cccc(CN2CCN(C(=O)c3ccc(NC(=O)NCC(O)C(F)(F)F)c(F)c3)CC2)c1. The van der Waals surface area contributed by atoms with Crippen molar-refractivity contribution in [1.29, 1.82) is 0 Å². The second kappa shape index (κ2) is 12.6. The minimum absolute atomic E-state index is 0.0574. The molecule has 3 rings (SSSR count). The number of hydrogen-bond donors (Lipinski definition) is 4. The average molecular weight is 568 g/mol. The Morgan fingerprint density at radius 3 is 2.25 bits per heavy atom. The topological polar surface area (TPSA) is 114 Å². The summed E-state index contributed by atoms with van der Waals surface area (Å²) in [6, 6.07) is 9.62. The van der Waals surface area contributed by atoms with E-state index in [1.807, 2.05) is 39.0 Å². The Labute approximate surface area is 229 Å². The van der Waals surface area contributed by atoms with Gasteiger partial charge in [-0.25, -0.2) is 9.18 Å². The third kappa shape index (κ3) is 8.91. The van der Waals surface area contributed by atoms with Gasteiger partial charge in [-0.05, 0) is 56.7 Å². The second-order valence-electron chi connectivity index (χ2n) is 10.6. The number of carbonyl (C=O) groups is 3. The number of anilines is 1. The molecule has 0 aliphatic carbocycles. The van der Waals surface area contributed by atoms with E-state index in [0.29, 0.717) is 38.3 Å². The lowest BCUT2D eigenvalue weighted by Crippen LogP contribution is -2.48. The minimum Gasteiger partial charge on any atom is -0.382 e. The molecular formula is C27H33F4N5O4. The van der Waals surface area contributed by atoms with Crippen LogP contribution in [0.3, 0.4) is 0 Å². The Morgan fingerprint density at radius 2 is 1.65 bits per heavy atom. The summed E-state index contributed by atoms with van der Waals surface area (Å²) in [6.07, 6.45) is -7.66. The number of carbonyl (C=O) groups excluding carboxylic acids is 3. The molecule has 218 valence electrons. The second-order valence-corrected chi connectivity index (χ2v) is 10.6. The summed E-state index contributed by atoms with van der Waals surface area (Å²) >= 11 is 0. The lowest BCUT2D eigenvalue weighted by Gasteiger charge is -2.35. The molecule has 4 N–H and O–H groups in total. The first-order chi connectivity index (χ1) is 18.6. The van der Waals surface area contributed by atoms with Crippen molar-refractivity contribution >= 4 is 23.5 Å². The van der Waals surface area contributed by atoms with Crippen LogP contribution in [0.4, 0.5) is 28.0 Å². The first kappa shape index (κ1) is 30.8. The summed E-state index contributed by atoms with van der Waals surface area (Å²) in [5.74, 6) is -1.49. The van der Waals surface area contributed by atoms with Gasteiger partial charge in [0.05, 0.1) is 12.2 Å². The molecule has 0 bridgehead atoms. The fourth-order valence-electron chi connectivity index (χ4n) is 3.99. The van der Waals surface area contributed by atoms with Crippen molar-refractivity contribution < 1.29 is 37.1 Å². The zero-order valence-corrected chi connectivity index (χ0v) is 22.4. The van der Waals surface area contributed by atoms with E-state index < -0.39 is 36.6 Å². The van der Waals surface area contributed by atoms with Crippen molar-refractivity contribution in [3.63, 3.8) is 0 Å². The van der Waals surface area contributed by atoms with Crippen LogP contribution >= 0.6 is 0 Å². The van der Waals surface area contributed by atoms with Gasteiger partial charge in [0, 0.05) is 49.4 Å². The van der Waals surface area contributed by atoms with Crippen LogP contribution in [-0.4, -0.2) is 83.3 Å². The van der Waals surface area contributed by atoms with Crippen LogP contribution < -0.4 is 16.0 Å². The molecule has 1 fully saturated rings. The van der Waals surface area contributed by atoms with E-state index in [2.05, 4.69) is 15.5 Å². The molecule has 0 aromatic heterocycles. The molecule has 0 saturated carbocycles. The number of hydrogen-bond acceptors (Lipinski definition) is 5. The Kier molecular flexibility index (Phi) is 9.74. The molecule has 1 aliphatic rings. The largest absolute Gasteiger partial charge is 0.416 e. The van der Waals surface area contributed by atoms with Crippen molar-refractivity contribution in [2.75, 3.05) is 38.0 Å². The molecule has 1 unspecified atom stereocenters. The van der Waals surface area contributed by atoms with Gasteiger partial charge in [0.1, 0.15) is 5.82 Å². The Morgan fingerprint density at radius 1 is 0.975 bits per heavy atom. The molecule has 40 heavy (non-hydrogen) atoms. The molecular weight excluding hydrogens is 534 g/mol. The first-order valence-corrected chi connectivity index (χ1v) is 12.6. The predicted molar refractivity (Wildman–Crippen MR) is 140 cm³/mol. The number of nitrogens with one attached hydrogen (secondary N) is 3. The van der Waals surface area contributed by atoms with E-state index in [9.17, 15) is 31.9 Å². The highest BCUT2D eigenvalue weighted by Gasteiger charge is 2.38. The maximum atomic E-state index is 14.5. The van der Waals surface area contributed by atoms with Gasteiger partial charge in [-0.1, -0.05) is 12.1 Å². The maximum absolute atomic E-state index is 14.5. The quantitative estimate of drug-likeness (QED) is 0.384. The van der Waals surface area contributed by atoms with Gasteiger partial charge in [0.2, 0.25) is 0 Å². The van der Waals surface area contributed by atoms with E-state index >= 15 is 0 Å². The van der Waals surface area contributed by atoms with Gasteiger partial charge < -0.3 is 26.0 Å². The molecule has 4 amide bonds. The van der Waals surface area contributed by atoms with Gasteiger partial charge in [0.25, 0.3) is 11.8 Å². The number of benzene rings is 2. The van der Waals surface area contributed by atoms with E-state index in [-0.39, 0.29) is 22.7 Å². The van der Waals surface area contributed by atoms with Crippen LogP contribution in [0.2, 0.25) is 0 Å². The zero-order valence-electron chi connectivity index (χ0n) is 22.4. The van der Waals surface area contributed by atoms with Gasteiger partial charge in [0.15, 0.2) is 6.10 Å². The number of halogens is 4. The summed E-state index contributed by atoms with van der Waals surface area (Å²) in [5, 5.41) is 15.7.